The molecule has 0 spiro atoms. The molecule has 0 saturated carbocycles. The van der Waals surface area contributed by atoms with Crippen LogP contribution in [0.1, 0.15) is 11.4 Å². The van der Waals surface area contributed by atoms with E-state index < -0.39 is 0 Å². The van der Waals surface area contributed by atoms with Crippen LogP contribution in [0, 0.1) is 23.7 Å². The summed E-state index contributed by atoms with van der Waals surface area (Å²) in [6.07, 6.45) is 0. The third-order valence-corrected chi connectivity index (χ3v) is 3.64. The van der Waals surface area contributed by atoms with Crippen molar-refractivity contribution in [1.82, 2.24) is 9.97 Å². The molecule has 4 rings (SSSR count). The summed E-state index contributed by atoms with van der Waals surface area (Å²) in [7, 11) is 0. The molecule has 0 unspecified atom stereocenters. The fourth-order valence-electron chi connectivity index (χ4n) is 2.46. The van der Waals surface area contributed by atoms with Crippen molar-refractivity contribution in [3.63, 3.8) is 0 Å². The number of pyridine rings is 2. The lowest BCUT2D eigenvalue weighted by molar-refractivity contribution is 1.36. The molecule has 0 amide bonds. The standard InChI is InChI=1S/C22H12N2/c1-5-11-21-17(7-1)13-15-19(23-21)9-3-4-10-20-16-14-18-8-2-6-12-22(18)24-20/h1-2,5-8,11-16H. The largest absolute Gasteiger partial charge is 0.239 e. The van der Waals surface area contributed by atoms with Gasteiger partial charge in [-0.1, -0.05) is 48.5 Å². The molecule has 0 atom stereocenters. The van der Waals surface area contributed by atoms with Gasteiger partial charge in [-0.3, -0.25) is 0 Å². The molecule has 2 aromatic heterocycles. The fraction of sp³-hybridized carbons (Fsp3) is 0. The molecule has 0 bridgehead atoms. The summed E-state index contributed by atoms with van der Waals surface area (Å²) >= 11 is 0. The molecule has 2 aromatic carbocycles. The summed E-state index contributed by atoms with van der Waals surface area (Å²) in [4.78, 5) is 9.01. The number of hydrogen-bond acceptors (Lipinski definition) is 2. The van der Waals surface area contributed by atoms with Gasteiger partial charge in [0.25, 0.3) is 0 Å². The van der Waals surface area contributed by atoms with Crippen LogP contribution in [-0.4, -0.2) is 9.97 Å². The summed E-state index contributed by atoms with van der Waals surface area (Å²) in [6.45, 7) is 0. The van der Waals surface area contributed by atoms with Crippen molar-refractivity contribution in [3.05, 3.63) is 84.2 Å². The quantitative estimate of drug-likeness (QED) is 0.455. The minimum Gasteiger partial charge on any atom is -0.239 e. The number of aromatic nitrogens is 2. The second kappa shape index (κ2) is 6.24. The number of benzene rings is 2. The molecular weight excluding hydrogens is 292 g/mol. The van der Waals surface area contributed by atoms with E-state index in [0.717, 1.165) is 33.2 Å². The Bertz CT molecular complexity index is 1070. The summed E-state index contributed by atoms with van der Waals surface area (Å²) in [5.41, 5.74) is 3.31. The van der Waals surface area contributed by atoms with E-state index >= 15 is 0 Å². The van der Waals surface area contributed by atoms with E-state index in [1.54, 1.807) is 0 Å². The van der Waals surface area contributed by atoms with Crippen molar-refractivity contribution in [2.24, 2.45) is 0 Å². The van der Waals surface area contributed by atoms with Crippen molar-refractivity contribution in [1.29, 1.82) is 0 Å². The van der Waals surface area contributed by atoms with Crippen molar-refractivity contribution >= 4 is 21.8 Å². The Morgan fingerprint density at radius 2 is 0.958 bits per heavy atom. The van der Waals surface area contributed by atoms with Gasteiger partial charge in [0.15, 0.2) is 0 Å². The van der Waals surface area contributed by atoms with Crippen LogP contribution in [0.25, 0.3) is 21.8 Å². The smallest absolute Gasteiger partial charge is 0.114 e. The lowest BCUT2D eigenvalue weighted by Gasteiger charge is -1.96. The molecule has 2 heterocycles. The third kappa shape index (κ3) is 2.95. The van der Waals surface area contributed by atoms with E-state index in [0.29, 0.717) is 0 Å². The highest BCUT2D eigenvalue weighted by molar-refractivity contribution is 5.79. The average Bonchev–Trinajstić information content (AvgIpc) is 2.65. The van der Waals surface area contributed by atoms with E-state index in [-0.39, 0.29) is 0 Å². The highest BCUT2D eigenvalue weighted by Gasteiger charge is 1.95. The zero-order valence-corrected chi connectivity index (χ0v) is 12.8. The molecule has 4 aromatic rings. The first-order valence-electron chi connectivity index (χ1n) is 7.62. The van der Waals surface area contributed by atoms with Gasteiger partial charge in [0.1, 0.15) is 11.4 Å². The summed E-state index contributed by atoms with van der Waals surface area (Å²) < 4.78 is 0. The van der Waals surface area contributed by atoms with E-state index in [1.807, 2.05) is 72.8 Å². The maximum absolute atomic E-state index is 4.50. The Morgan fingerprint density at radius 3 is 1.46 bits per heavy atom. The van der Waals surface area contributed by atoms with Gasteiger partial charge in [-0.25, -0.2) is 9.97 Å². The van der Waals surface area contributed by atoms with Crippen molar-refractivity contribution in [3.8, 4) is 23.7 Å². The lowest BCUT2D eigenvalue weighted by atomic mass is 10.2. The van der Waals surface area contributed by atoms with Crippen LogP contribution < -0.4 is 0 Å². The van der Waals surface area contributed by atoms with E-state index in [4.69, 9.17) is 0 Å². The van der Waals surface area contributed by atoms with Crippen LogP contribution in [0.3, 0.4) is 0 Å². The molecule has 2 heteroatoms. The molecule has 0 saturated heterocycles. The predicted molar refractivity (Wildman–Crippen MR) is 97.2 cm³/mol. The van der Waals surface area contributed by atoms with Gasteiger partial charge in [0.2, 0.25) is 0 Å². The third-order valence-electron chi connectivity index (χ3n) is 3.64. The maximum atomic E-state index is 4.50. The van der Waals surface area contributed by atoms with Gasteiger partial charge in [-0.15, -0.1) is 0 Å². The summed E-state index contributed by atoms with van der Waals surface area (Å²) in [5.74, 6) is 11.7. The Labute approximate surface area is 140 Å². The SMILES string of the molecule is C(C#Cc1ccc2ccccc2n1)#Cc1ccc2ccccc2n1. The Balaban J connectivity index is 1.60. The molecule has 24 heavy (non-hydrogen) atoms. The van der Waals surface area contributed by atoms with Crippen LogP contribution in [0.2, 0.25) is 0 Å². The zero-order chi connectivity index (χ0) is 16.2. The van der Waals surface area contributed by atoms with Gasteiger partial charge in [0.05, 0.1) is 11.0 Å². The maximum Gasteiger partial charge on any atom is 0.114 e. The number of rotatable bonds is 0. The Hall–Kier alpha value is -3.62. The number of hydrogen-bond donors (Lipinski definition) is 0. The fourth-order valence-corrected chi connectivity index (χ4v) is 2.46. The summed E-state index contributed by atoms with van der Waals surface area (Å²) in [5, 5.41) is 2.21. The zero-order valence-electron chi connectivity index (χ0n) is 12.8. The minimum atomic E-state index is 0.717. The molecule has 2 nitrogen and oxygen atoms in total. The number of fused-ring (bicyclic) bond motifs is 2. The van der Waals surface area contributed by atoms with Gasteiger partial charge in [-0.05, 0) is 47.9 Å². The normalized spacial score (nSPS) is 9.83. The van der Waals surface area contributed by atoms with Gasteiger partial charge < -0.3 is 0 Å². The number of para-hydroxylation sites is 2. The number of nitrogens with zero attached hydrogens (tertiary/aromatic N) is 2. The predicted octanol–water partition coefficient (Wildman–Crippen LogP) is 4.19. The van der Waals surface area contributed by atoms with Crippen LogP contribution in [0.4, 0.5) is 0 Å². The van der Waals surface area contributed by atoms with Gasteiger partial charge in [-0.2, -0.15) is 0 Å². The molecule has 0 radical (unpaired) electrons. The second-order valence-corrected chi connectivity index (χ2v) is 5.28. The highest BCUT2D eigenvalue weighted by Crippen LogP contribution is 2.12. The van der Waals surface area contributed by atoms with Crippen LogP contribution in [0.15, 0.2) is 72.8 Å². The van der Waals surface area contributed by atoms with Crippen molar-refractivity contribution in [2.45, 2.75) is 0 Å². The van der Waals surface area contributed by atoms with Crippen molar-refractivity contribution in [2.75, 3.05) is 0 Å². The van der Waals surface area contributed by atoms with E-state index in [1.165, 1.54) is 0 Å². The minimum absolute atomic E-state index is 0.717. The second-order valence-electron chi connectivity index (χ2n) is 5.28. The van der Waals surface area contributed by atoms with Crippen LogP contribution in [0.5, 0.6) is 0 Å². The topological polar surface area (TPSA) is 25.8 Å². The molecule has 0 aliphatic rings. The van der Waals surface area contributed by atoms with Crippen LogP contribution >= 0.6 is 0 Å². The van der Waals surface area contributed by atoms with E-state index in [2.05, 4.69) is 33.6 Å². The van der Waals surface area contributed by atoms with E-state index in [9.17, 15) is 0 Å². The molecule has 110 valence electrons. The van der Waals surface area contributed by atoms with Gasteiger partial charge >= 0.3 is 0 Å². The Kier molecular flexibility index (Phi) is 3.64. The molecule has 0 aliphatic carbocycles. The first-order chi connectivity index (χ1) is 11.9. The average molecular weight is 304 g/mol. The Morgan fingerprint density at radius 1 is 0.500 bits per heavy atom. The molecule has 0 aliphatic heterocycles. The molecule has 0 N–H and O–H groups in total. The first kappa shape index (κ1) is 14.0. The lowest BCUT2D eigenvalue weighted by Crippen LogP contribution is -1.84. The molecule has 0 fully saturated rings. The van der Waals surface area contributed by atoms with Gasteiger partial charge in [0, 0.05) is 10.8 Å². The first-order valence-corrected chi connectivity index (χ1v) is 7.62. The van der Waals surface area contributed by atoms with Crippen molar-refractivity contribution < 1.29 is 0 Å². The molecular formula is C22H12N2. The highest BCUT2D eigenvalue weighted by atomic mass is 14.7. The monoisotopic (exact) mass is 304 g/mol. The van der Waals surface area contributed by atoms with Crippen LogP contribution in [-0.2, 0) is 0 Å². The summed E-state index contributed by atoms with van der Waals surface area (Å²) in [6, 6.07) is 23.8.